The predicted molar refractivity (Wildman–Crippen MR) is 129 cm³/mol. The Hall–Kier alpha value is -3.93. The van der Waals surface area contributed by atoms with Gasteiger partial charge in [0.25, 0.3) is 5.56 Å². The molecule has 0 amide bonds. The number of aromatic nitrogens is 2. The monoisotopic (exact) mass is 411 g/mol. The third-order valence-corrected chi connectivity index (χ3v) is 5.19. The molecule has 0 saturated carbocycles. The highest BCUT2D eigenvalue weighted by Crippen LogP contribution is 2.17. The minimum atomic E-state index is -0.141. The molecule has 6 nitrogen and oxygen atoms in total. The second kappa shape index (κ2) is 9.26. The van der Waals surface area contributed by atoms with Gasteiger partial charge < -0.3 is 4.90 Å². The highest BCUT2D eigenvalue weighted by molar-refractivity contribution is 5.82. The number of anilines is 2. The third-order valence-electron chi connectivity index (χ3n) is 5.19. The van der Waals surface area contributed by atoms with Crippen molar-refractivity contribution >= 4 is 28.8 Å². The molecule has 0 unspecified atom stereocenters. The number of hydrogen-bond acceptors (Lipinski definition) is 5. The van der Waals surface area contributed by atoms with Crippen molar-refractivity contribution in [1.29, 1.82) is 0 Å². The van der Waals surface area contributed by atoms with Crippen molar-refractivity contribution in [1.82, 2.24) is 9.55 Å². The Balaban J connectivity index is 1.66. The van der Waals surface area contributed by atoms with Crippen molar-refractivity contribution in [3.05, 3.63) is 94.8 Å². The standard InChI is InChI=1S/C25H25N5O/c1-3-29(4-2)20-16-14-19(15-17-20)18-26-28-25-27-23-13-9-8-12-22(23)24(31)30(25)21-10-6-5-7-11-21/h5-18H,3-4H2,1-2H3,(H,27,28)/b26-18-. The van der Waals surface area contributed by atoms with Crippen LogP contribution in [0.4, 0.5) is 11.6 Å². The quantitative estimate of drug-likeness (QED) is 0.354. The molecule has 1 aromatic heterocycles. The molecule has 4 rings (SSSR count). The van der Waals surface area contributed by atoms with Crippen LogP contribution in [0.1, 0.15) is 19.4 Å². The van der Waals surface area contributed by atoms with E-state index in [0.717, 1.165) is 24.3 Å². The Bertz CT molecular complexity index is 1240. The molecular weight excluding hydrogens is 386 g/mol. The van der Waals surface area contributed by atoms with Crippen LogP contribution in [0, 0.1) is 0 Å². The van der Waals surface area contributed by atoms with Crippen LogP contribution >= 0.6 is 0 Å². The molecule has 0 aliphatic rings. The van der Waals surface area contributed by atoms with Crippen LogP contribution in [-0.4, -0.2) is 28.9 Å². The number of benzene rings is 3. The second-order valence-corrected chi connectivity index (χ2v) is 7.06. The first-order valence-electron chi connectivity index (χ1n) is 10.4. The van der Waals surface area contributed by atoms with E-state index < -0.39 is 0 Å². The van der Waals surface area contributed by atoms with Crippen LogP contribution in [-0.2, 0) is 0 Å². The number of hydrogen-bond donors (Lipinski definition) is 1. The molecule has 0 spiro atoms. The van der Waals surface area contributed by atoms with Crippen molar-refractivity contribution in [3.8, 4) is 5.69 Å². The Labute approximate surface area is 181 Å². The molecular formula is C25H25N5O. The zero-order chi connectivity index (χ0) is 21.6. The number of nitrogens with zero attached hydrogens (tertiary/aromatic N) is 4. The van der Waals surface area contributed by atoms with Gasteiger partial charge in [0.05, 0.1) is 22.8 Å². The first-order chi connectivity index (χ1) is 15.2. The molecule has 4 aromatic rings. The van der Waals surface area contributed by atoms with Gasteiger partial charge in [-0.2, -0.15) is 5.10 Å². The summed E-state index contributed by atoms with van der Waals surface area (Å²) in [5.41, 5.74) is 6.32. The number of rotatable bonds is 7. The number of para-hydroxylation sites is 2. The van der Waals surface area contributed by atoms with E-state index in [-0.39, 0.29) is 5.56 Å². The Morgan fingerprint density at radius 3 is 2.32 bits per heavy atom. The molecule has 31 heavy (non-hydrogen) atoms. The molecule has 0 aliphatic heterocycles. The van der Waals surface area contributed by atoms with Gasteiger partial charge in [-0.25, -0.2) is 15.0 Å². The maximum absolute atomic E-state index is 13.2. The summed E-state index contributed by atoms with van der Waals surface area (Å²) < 4.78 is 1.54. The lowest BCUT2D eigenvalue weighted by Gasteiger charge is -2.20. The molecule has 1 N–H and O–H groups in total. The van der Waals surface area contributed by atoms with E-state index in [2.05, 4.69) is 46.4 Å². The molecule has 156 valence electrons. The van der Waals surface area contributed by atoms with Crippen LogP contribution in [0.5, 0.6) is 0 Å². The molecule has 0 aliphatic carbocycles. The van der Waals surface area contributed by atoms with Gasteiger partial charge >= 0.3 is 0 Å². The van der Waals surface area contributed by atoms with E-state index in [1.165, 1.54) is 5.69 Å². The Morgan fingerprint density at radius 1 is 0.935 bits per heavy atom. The molecule has 0 bridgehead atoms. The lowest BCUT2D eigenvalue weighted by molar-refractivity contribution is 0.866. The van der Waals surface area contributed by atoms with Crippen molar-refractivity contribution in [2.24, 2.45) is 5.10 Å². The predicted octanol–water partition coefficient (Wildman–Crippen LogP) is 4.68. The van der Waals surface area contributed by atoms with Crippen molar-refractivity contribution in [2.75, 3.05) is 23.4 Å². The Morgan fingerprint density at radius 2 is 1.61 bits per heavy atom. The van der Waals surface area contributed by atoms with Gasteiger partial charge in [-0.3, -0.25) is 4.79 Å². The molecule has 6 heteroatoms. The normalized spacial score (nSPS) is 11.2. The van der Waals surface area contributed by atoms with E-state index in [4.69, 9.17) is 0 Å². The van der Waals surface area contributed by atoms with Gasteiger partial charge in [-0.1, -0.05) is 42.5 Å². The fraction of sp³-hybridized carbons (Fsp3) is 0.160. The average molecular weight is 412 g/mol. The summed E-state index contributed by atoms with van der Waals surface area (Å²) in [6.45, 7) is 6.23. The van der Waals surface area contributed by atoms with Gasteiger partial charge in [0.15, 0.2) is 0 Å². The minimum absolute atomic E-state index is 0.141. The van der Waals surface area contributed by atoms with Crippen molar-refractivity contribution < 1.29 is 0 Å². The molecule has 1 heterocycles. The summed E-state index contributed by atoms with van der Waals surface area (Å²) in [7, 11) is 0. The molecule has 0 saturated heterocycles. The number of hydrazone groups is 1. The summed E-state index contributed by atoms with van der Waals surface area (Å²) in [4.78, 5) is 20.1. The first-order valence-corrected chi connectivity index (χ1v) is 10.4. The zero-order valence-electron chi connectivity index (χ0n) is 17.7. The van der Waals surface area contributed by atoms with E-state index in [1.54, 1.807) is 16.8 Å². The molecule has 0 fully saturated rings. The maximum Gasteiger partial charge on any atom is 0.267 e. The van der Waals surface area contributed by atoms with Crippen LogP contribution in [0.3, 0.4) is 0 Å². The topological polar surface area (TPSA) is 62.5 Å². The first kappa shape index (κ1) is 20.3. The fourth-order valence-corrected chi connectivity index (χ4v) is 3.55. The van der Waals surface area contributed by atoms with E-state index in [9.17, 15) is 4.79 Å². The fourth-order valence-electron chi connectivity index (χ4n) is 3.55. The molecule has 0 atom stereocenters. The summed E-state index contributed by atoms with van der Waals surface area (Å²) in [5, 5.41) is 4.91. The number of fused-ring (bicyclic) bond motifs is 1. The molecule has 0 radical (unpaired) electrons. The SMILES string of the molecule is CCN(CC)c1ccc(/C=N\Nc2nc3ccccc3c(=O)n2-c2ccccc2)cc1. The zero-order valence-corrected chi connectivity index (χ0v) is 17.7. The van der Waals surface area contributed by atoms with Crippen molar-refractivity contribution in [2.45, 2.75) is 13.8 Å². The second-order valence-electron chi connectivity index (χ2n) is 7.06. The third kappa shape index (κ3) is 4.33. The van der Waals surface area contributed by atoms with Gasteiger partial charge in [-0.05, 0) is 55.8 Å². The van der Waals surface area contributed by atoms with E-state index >= 15 is 0 Å². The highest BCUT2D eigenvalue weighted by Gasteiger charge is 2.12. The van der Waals surface area contributed by atoms with E-state index in [1.807, 2.05) is 60.7 Å². The van der Waals surface area contributed by atoms with Gasteiger partial charge in [0.2, 0.25) is 5.95 Å². The van der Waals surface area contributed by atoms with Crippen LogP contribution in [0.2, 0.25) is 0 Å². The van der Waals surface area contributed by atoms with E-state index in [0.29, 0.717) is 16.9 Å². The number of nitrogens with one attached hydrogen (secondary N) is 1. The van der Waals surface area contributed by atoms with Crippen LogP contribution in [0.15, 0.2) is 88.8 Å². The summed E-state index contributed by atoms with van der Waals surface area (Å²) >= 11 is 0. The Kier molecular flexibility index (Phi) is 6.08. The lowest BCUT2D eigenvalue weighted by Crippen LogP contribution is -2.22. The smallest absolute Gasteiger partial charge is 0.267 e. The van der Waals surface area contributed by atoms with Gasteiger partial charge in [0.1, 0.15) is 0 Å². The largest absolute Gasteiger partial charge is 0.372 e. The van der Waals surface area contributed by atoms with Crippen LogP contribution < -0.4 is 15.9 Å². The summed E-state index contributed by atoms with van der Waals surface area (Å²) in [5.74, 6) is 0.367. The van der Waals surface area contributed by atoms with Crippen molar-refractivity contribution in [3.63, 3.8) is 0 Å². The van der Waals surface area contributed by atoms with Crippen LogP contribution in [0.25, 0.3) is 16.6 Å². The molecule has 3 aromatic carbocycles. The average Bonchev–Trinajstić information content (AvgIpc) is 2.82. The summed E-state index contributed by atoms with van der Waals surface area (Å²) in [6, 6.07) is 25.0. The van der Waals surface area contributed by atoms with Gasteiger partial charge in [0, 0.05) is 18.8 Å². The minimum Gasteiger partial charge on any atom is -0.372 e. The highest BCUT2D eigenvalue weighted by atomic mass is 16.1. The van der Waals surface area contributed by atoms with Gasteiger partial charge in [-0.15, -0.1) is 0 Å². The lowest BCUT2D eigenvalue weighted by atomic mass is 10.2. The maximum atomic E-state index is 13.2. The summed E-state index contributed by atoms with van der Waals surface area (Å²) in [6.07, 6.45) is 1.72.